The summed E-state index contributed by atoms with van der Waals surface area (Å²) >= 11 is 0. The van der Waals surface area contributed by atoms with Gasteiger partial charge in [-0.3, -0.25) is 4.79 Å². The van der Waals surface area contributed by atoms with Crippen LogP contribution in [-0.4, -0.2) is 26.9 Å². The van der Waals surface area contributed by atoms with Crippen molar-refractivity contribution in [3.05, 3.63) is 65.2 Å². The molecule has 148 valence electrons. The second-order valence-electron chi connectivity index (χ2n) is 6.64. The summed E-state index contributed by atoms with van der Waals surface area (Å²) in [4.78, 5) is 18.7. The fraction of sp³-hybridized carbons (Fsp3) is 0.333. The van der Waals surface area contributed by atoms with Crippen LogP contribution in [0.2, 0.25) is 0 Å². The molecule has 0 aliphatic carbocycles. The monoisotopic (exact) mass is 389 g/mol. The third-order valence-corrected chi connectivity index (χ3v) is 4.53. The summed E-state index contributed by atoms with van der Waals surface area (Å²) in [6.45, 7) is 4.91. The zero-order valence-corrected chi connectivity index (χ0v) is 15.9. The summed E-state index contributed by atoms with van der Waals surface area (Å²) in [7, 11) is 0. The number of imidazole rings is 1. The Morgan fingerprint density at radius 3 is 2.57 bits per heavy atom. The second kappa shape index (κ2) is 8.46. The quantitative estimate of drug-likeness (QED) is 0.576. The maximum absolute atomic E-state index is 14.2. The molecule has 1 heterocycles. The molecule has 0 atom stereocenters. The fourth-order valence-corrected chi connectivity index (χ4v) is 3.28. The summed E-state index contributed by atoms with van der Waals surface area (Å²) in [5.41, 5.74) is 0.572. The van der Waals surface area contributed by atoms with E-state index in [0.717, 1.165) is 24.6 Å². The molecule has 7 heteroatoms. The van der Waals surface area contributed by atoms with Crippen LogP contribution in [0.3, 0.4) is 0 Å². The average Bonchev–Trinajstić information content (AvgIpc) is 3.02. The van der Waals surface area contributed by atoms with Crippen molar-refractivity contribution in [2.75, 3.05) is 6.54 Å². The van der Waals surface area contributed by atoms with E-state index in [1.54, 1.807) is 12.1 Å². The van der Waals surface area contributed by atoms with Gasteiger partial charge in [-0.2, -0.15) is 0 Å². The van der Waals surface area contributed by atoms with Crippen molar-refractivity contribution in [3.63, 3.8) is 0 Å². The minimum absolute atomic E-state index is 0.0801. The number of amides is 1. The molecule has 0 radical (unpaired) electrons. The van der Waals surface area contributed by atoms with Crippen LogP contribution in [0.4, 0.5) is 13.2 Å². The Labute approximate surface area is 161 Å². The Bertz CT molecular complexity index is 1000. The number of nitrogens with zero attached hydrogens (tertiary/aromatic N) is 3. The van der Waals surface area contributed by atoms with Gasteiger partial charge in [0.05, 0.1) is 17.6 Å². The zero-order chi connectivity index (χ0) is 20.3. The molecule has 0 unspecified atom stereocenters. The van der Waals surface area contributed by atoms with Crippen LogP contribution >= 0.6 is 0 Å². The number of hydrogen-bond acceptors (Lipinski definition) is 2. The molecule has 0 saturated carbocycles. The lowest BCUT2D eigenvalue weighted by atomic mass is 10.1. The minimum Gasteiger partial charge on any atom is -0.331 e. The van der Waals surface area contributed by atoms with Crippen molar-refractivity contribution in [1.82, 2.24) is 14.5 Å². The van der Waals surface area contributed by atoms with E-state index in [-0.39, 0.29) is 17.6 Å². The van der Waals surface area contributed by atoms with Gasteiger partial charge < -0.3 is 9.47 Å². The SMILES string of the molecule is CCCN(Cc1nc2c(F)cccc2n1CCC)C(=O)c1cc(F)ccc1F. The number of carbonyl (C=O) groups excluding carboxylic acids is 1. The Morgan fingerprint density at radius 2 is 1.86 bits per heavy atom. The summed E-state index contributed by atoms with van der Waals surface area (Å²) in [6.07, 6.45) is 1.43. The molecule has 0 aliphatic rings. The Morgan fingerprint density at radius 1 is 1.07 bits per heavy atom. The van der Waals surface area contributed by atoms with Crippen molar-refractivity contribution in [2.45, 2.75) is 39.8 Å². The zero-order valence-electron chi connectivity index (χ0n) is 15.9. The number of aromatic nitrogens is 2. The second-order valence-corrected chi connectivity index (χ2v) is 6.64. The molecule has 0 fully saturated rings. The number of aryl methyl sites for hydroxylation is 1. The average molecular weight is 389 g/mol. The lowest BCUT2D eigenvalue weighted by Crippen LogP contribution is -2.33. The third kappa shape index (κ3) is 3.88. The van der Waals surface area contributed by atoms with Gasteiger partial charge in [-0.25, -0.2) is 18.2 Å². The maximum Gasteiger partial charge on any atom is 0.257 e. The molecule has 28 heavy (non-hydrogen) atoms. The first-order chi connectivity index (χ1) is 13.5. The highest BCUT2D eigenvalue weighted by molar-refractivity contribution is 5.94. The normalized spacial score (nSPS) is 11.2. The van der Waals surface area contributed by atoms with Crippen molar-refractivity contribution < 1.29 is 18.0 Å². The molecular formula is C21H22F3N3O. The van der Waals surface area contributed by atoms with E-state index in [2.05, 4.69) is 4.98 Å². The van der Waals surface area contributed by atoms with Crippen LogP contribution in [-0.2, 0) is 13.1 Å². The molecule has 0 aliphatic heterocycles. The highest BCUT2D eigenvalue weighted by atomic mass is 19.1. The number of carbonyl (C=O) groups is 1. The molecule has 3 rings (SSSR count). The number of fused-ring (bicyclic) bond motifs is 1. The molecule has 0 spiro atoms. The van der Waals surface area contributed by atoms with Crippen LogP contribution in [0.25, 0.3) is 11.0 Å². The molecule has 0 N–H and O–H groups in total. The number of halogens is 3. The van der Waals surface area contributed by atoms with Gasteiger partial charge in [0.25, 0.3) is 5.91 Å². The largest absolute Gasteiger partial charge is 0.331 e. The molecule has 3 aromatic rings. The van der Waals surface area contributed by atoms with E-state index < -0.39 is 23.4 Å². The van der Waals surface area contributed by atoms with E-state index >= 15 is 0 Å². The summed E-state index contributed by atoms with van der Waals surface area (Å²) in [5, 5.41) is 0. The maximum atomic E-state index is 14.2. The number of para-hydroxylation sites is 1. The Hall–Kier alpha value is -2.83. The van der Waals surface area contributed by atoms with Gasteiger partial charge in [-0.1, -0.05) is 19.9 Å². The first-order valence-corrected chi connectivity index (χ1v) is 9.34. The van der Waals surface area contributed by atoms with Gasteiger partial charge in [0.2, 0.25) is 0 Å². The van der Waals surface area contributed by atoms with Gasteiger partial charge in [0.1, 0.15) is 23.0 Å². The molecule has 0 saturated heterocycles. The minimum atomic E-state index is -0.777. The molecule has 2 aromatic carbocycles. The number of benzene rings is 2. The summed E-state index contributed by atoms with van der Waals surface area (Å²) in [5.74, 6) is -1.99. The van der Waals surface area contributed by atoms with Gasteiger partial charge in [-0.05, 0) is 43.2 Å². The van der Waals surface area contributed by atoms with Crippen LogP contribution in [0.15, 0.2) is 36.4 Å². The Balaban J connectivity index is 2.01. The smallest absolute Gasteiger partial charge is 0.257 e. The lowest BCUT2D eigenvalue weighted by Gasteiger charge is -2.23. The van der Waals surface area contributed by atoms with E-state index in [9.17, 15) is 18.0 Å². The van der Waals surface area contributed by atoms with Crippen LogP contribution in [0, 0.1) is 17.5 Å². The molecule has 4 nitrogen and oxygen atoms in total. The summed E-state index contributed by atoms with van der Waals surface area (Å²) < 4.78 is 43.7. The number of rotatable bonds is 7. The Kier molecular flexibility index (Phi) is 6.02. The highest BCUT2D eigenvalue weighted by Gasteiger charge is 2.23. The van der Waals surface area contributed by atoms with Crippen molar-refractivity contribution in [2.24, 2.45) is 0 Å². The topological polar surface area (TPSA) is 38.1 Å². The summed E-state index contributed by atoms with van der Waals surface area (Å²) in [6, 6.07) is 7.55. The highest BCUT2D eigenvalue weighted by Crippen LogP contribution is 2.22. The van der Waals surface area contributed by atoms with E-state index in [1.807, 2.05) is 18.4 Å². The first-order valence-electron chi connectivity index (χ1n) is 9.34. The molecule has 1 amide bonds. The molecule has 0 bridgehead atoms. The van der Waals surface area contributed by atoms with E-state index in [4.69, 9.17) is 0 Å². The van der Waals surface area contributed by atoms with Crippen molar-refractivity contribution in [1.29, 1.82) is 0 Å². The predicted octanol–water partition coefficient (Wildman–Crippen LogP) is 4.92. The third-order valence-electron chi connectivity index (χ3n) is 4.53. The van der Waals surface area contributed by atoms with Crippen molar-refractivity contribution >= 4 is 16.9 Å². The standard InChI is InChI=1S/C21H22F3N3O/c1-3-10-26(21(28)15-12-14(22)8-9-16(15)23)13-19-25-20-17(24)6-5-7-18(20)27(19)11-4-2/h5-9,12H,3-4,10-11,13H2,1-2H3. The van der Waals surface area contributed by atoms with Gasteiger partial charge in [0.15, 0.2) is 5.82 Å². The molecular weight excluding hydrogens is 367 g/mol. The van der Waals surface area contributed by atoms with Crippen molar-refractivity contribution in [3.8, 4) is 0 Å². The molecule has 1 aromatic heterocycles. The predicted molar refractivity (Wildman–Crippen MR) is 101 cm³/mol. The lowest BCUT2D eigenvalue weighted by molar-refractivity contribution is 0.0732. The van der Waals surface area contributed by atoms with Crippen LogP contribution < -0.4 is 0 Å². The van der Waals surface area contributed by atoms with E-state index in [1.165, 1.54) is 11.0 Å². The van der Waals surface area contributed by atoms with Gasteiger partial charge >= 0.3 is 0 Å². The van der Waals surface area contributed by atoms with Gasteiger partial charge in [-0.15, -0.1) is 0 Å². The van der Waals surface area contributed by atoms with Crippen LogP contribution in [0.1, 0.15) is 42.9 Å². The first kappa shape index (κ1) is 19.9. The van der Waals surface area contributed by atoms with E-state index in [0.29, 0.717) is 30.9 Å². The fourth-order valence-electron chi connectivity index (χ4n) is 3.28. The number of hydrogen-bond donors (Lipinski definition) is 0. The van der Waals surface area contributed by atoms with Crippen LogP contribution in [0.5, 0.6) is 0 Å². The van der Waals surface area contributed by atoms with Gasteiger partial charge in [0, 0.05) is 13.1 Å².